The van der Waals surface area contributed by atoms with Crippen LogP contribution < -0.4 is 4.74 Å². The van der Waals surface area contributed by atoms with Crippen LogP contribution >= 0.6 is 23.2 Å². The van der Waals surface area contributed by atoms with Crippen molar-refractivity contribution in [2.75, 3.05) is 6.61 Å². The van der Waals surface area contributed by atoms with Crippen LogP contribution in [0.5, 0.6) is 5.75 Å². The molecule has 0 bridgehead atoms. The number of rotatable bonds is 2. The lowest BCUT2D eigenvalue weighted by Gasteiger charge is -2.07. The third-order valence-corrected chi connectivity index (χ3v) is 2.22. The molecule has 1 rings (SSSR count). The van der Waals surface area contributed by atoms with E-state index in [1.807, 2.05) is 19.9 Å². The van der Waals surface area contributed by atoms with Crippen LogP contribution in [0, 0.1) is 6.92 Å². The third kappa shape index (κ3) is 2.05. The lowest BCUT2D eigenvalue weighted by Crippen LogP contribution is -1.92. The van der Waals surface area contributed by atoms with Crippen molar-refractivity contribution in [2.45, 2.75) is 13.8 Å². The first-order chi connectivity index (χ1) is 5.65. The van der Waals surface area contributed by atoms with Gasteiger partial charge in [-0.3, -0.25) is 0 Å². The van der Waals surface area contributed by atoms with E-state index in [2.05, 4.69) is 0 Å². The molecular weight excluding hydrogens is 195 g/mol. The van der Waals surface area contributed by atoms with Crippen molar-refractivity contribution in [1.82, 2.24) is 0 Å². The van der Waals surface area contributed by atoms with Crippen LogP contribution in [-0.4, -0.2) is 6.61 Å². The van der Waals surface area contributed by atoms with E-state index in [-0.39, 0.29) is 0 Å². The molecule has 1 aromatic carbocycles. The maximum Gasteiger partial charge on any atom is 0.138 e. The average Bonchev–Trinajstić information content (AvgIpc) is 2.01. The van der Waals surface area contributed by atoms with Crippen LogP contribution in [0.2, 0.25) is 10.0 Å². The molecule has 0 fully saturated rings. The second-order valence-electron chi connectivity index (χ2n) is 2.46. The zero-order valence-corrected chi connectivity index (χ0v) is 8.54. The Labute approximate surface area is 82.2 Å². The van der Waals surface area contributed by atoms with Crippen LogP contribution in [0.3, 0.4) is 0 Å². The molecule has 0 amide bonds. The van der Waals surface area contributed by atoms with E-state index in [0.717, 1.165) is 5.56 Å². The Bertz CT molecular complexity index is 284. The summed E-state index contributed by atoms with van der Waals surface area (Å²) in [6.45, 7) is 4.45. The maximum atomic E-state index is 5.87. The van der Waals surface area contributed by atoms with Gasteiger partial charge in [-0.25, -0.2) is 0 Å². The first kappa shape index (κ1) is 9.69. The van der Waals surface area contributed by atoms with Crippen molar-refractivity contribution in [3.05, 3.63) is 27.7 Å². The van der Waals surface area contributed by atoms with Gasteiger partial charge in [-0.1, -0.05) is 23.2 Å². The lowest BCUT2D eigenvalue weighted by molar-refractivity contribution is 0.340. The Morgan fingerprint density at radius 1 is 1.25 bits per heavy atom. The molecule has 1 nitrogen and oxygen atoms in total. The van der Waals surface area contributed by atoms with Gasteiger partial charge in [0, 0.05) is 5.02 Å². The number of hydrogen-bond donors (Lipinski definition) is 0. The van der Waals surface area contributed by atoms with Gasteiger partial charge in [-0.15, -0.1) is 0 Å². The SMILES string of the molecule is CCOc1cc(C)c(Cl)cc1Cl. The molecule has 0 aliphatic carbocycles. The van der Waals surface area contributed by atoms with Crippen molar-refractivity contribution in [3.63, 3.8) is 0 Å². The quantitative estimate of drug-likeness (QED) is 0.715. The first-order valence-corrected chi connectivity index (χ1v) is 4.49. The number of benzene rings is 1. The molecule has 0 aromatic heterocycles. The van der Waals surface area contributed by atoms with E-state index < -0.39 is 0 Å². The second-order valence-corrected chi connectivity index (χ2v) is 3.28. The van der Waals surface area contributed by atoms with Gasteiger partial charge >= 0.3 is 0 Å². The largest absolute Gasteiger partial charge is 0.492 e. The zero-order chi connectivity index (χ0) is 9.14. The van der Waals surface area contributed by atoms with Gasteiger partial charge in [-0.05, 0) is 31.5 Å². The Balaban J connectivity index is 3.05. The van der Waals surface area contributed by atoms with Crippen LogP contribution in [-0.2, 0) is 0 Å². The summed E-state index contributed by atoms with van der Waals surface area (Å²) in [5, 5.41) is 1.23. The third-order valence-electron chi connectivity index (χ3n) is 1.51. The molecular formula is C9H10Cl2O. The number of aryl methyl sites for hydroxylation is 1. The Hall–Kier alpha value is -0.400. The summed E-state index contributed by atoms with van der Waals surface area (Å²) in [5.74, 6) is 0.695. The molecule has 0 saturated heterocycles. The molecule has 0 radical (unpaired) electrons. The summed E-state index contributed by atoms with van der Waals surface area (Å²) in [4.78, 5) is 0. The first-order valence-electron chi connectivity index (χ1n) is 3.73. The number of halogens is 2. The molecule has 0 aliphatic rings. The highest BCUT2D eigenvalue weighted by atomic mass is 35.5. The fourth-order valence-corrected chi connectivity index (χ4v) is 1.33. The topological polar surface area (TPSA) is 9.23 Å². The van der Waals surface area contributed by atoms with Gasteiger partial charge in [-0.2, -0.15) is 0 Å². The molecule has 0 N–H and O–H groups in total. The van der Waals surface area contributed by atoms with Crippen LogP contribution in [0.4, 0.5) is 0 Å². The second kappa shape index (κ2) is 4.01. The molecule has 0 atom stereocenters. The van der Waals surface area contributed by atoms with Crippen LogP contribution in [0.15, 0.2) is 12.1 Å². The molecule has 12 heavy (non-hydrogen) atoms. The molecule has 66 valence electrons. The molecule has 1 aromatic rings. The van der Waals surface area contributed by atoms with Crippen molar-refractivity contribution in [3.8, 4) is 5.75 Å². The van der Waals surface area contributed by atoms with Crippen LogP contribution in [0.25, 0.3) is 0 Å². The number of hydrogen-bond acceptors (Lipinski definition) is 1. The highest BCUT2D eigenvalue weighted by Crippen LogP contribution is 2.30. The zero-order valence-electron chi connectivity index (χ0n) is 7.03. The smallest absolute Gasteiger partial charge is 0.138 e. The molecule has 0 aliphatic heterocycles. The van der Waals surface area contributed by atoms with Gasteiger partial charge in [0.05, 0.1) is 11.6 Å². The van der Waals surface area contributed by atoms with Gasteiger partial charge in [0.25, 0.3) is 0 Å². The molecule has 0 saturated carbocycles. The van der Waals surface area contributed by atoms with Crippen molar-refractivity contribution in [2.24, 2.45) is 0 Å². The maximum absolute atomic E-state index is 5.87. The predicted molar refractivity (Wildman–Crippen MR) is 52.4 cm³/mol. The molecule has 3 heteroatoms. The minimum atomic E-state index is 0.562. The van der Waals surface area contributed by atoms with Gasteiger partial charge in [0.15, 0.2) is 0 Å². The van der Waals surface area contributed by atoms with Gasteiger partial charge in [0.2, 0.25) is 0 Å². The van der Waals surface area contributed by atoms with E-state index >= 15 is 0 Å². The highest BCUT2D eigenvalue weighted by molar-refractivity contribution is 6.35. The standard InChI is InChI=1S/C9H10Cl2O/c1-3-12-9-4-6(2)7(10)5-8(9)11/h4-5H,3H2,1-2H3. The normalized spacial score (nSPS) is 10.0. The van der Waals surface area contributed by atoms with Crippen molar-refractivity contribution in [1.29, 1.82) is 0 Å². The van der Waals surface area contributed by atoms with Crippen molar-refractivity contribution >= 4 is 23.2 Å². The summed E-state index contributed by atoms with van der Waals surface area (Å²) in [6, 6.07) is 3.54. The highest BCUT2D eigenvalue weighted by Gasteiger charge is 2.04. The predicted octanol–water partition coefficient (Wildman–Crippen LogP) is 3.70. The van der Waals surface area contributed by atoms with E-state index in [0.29, 0.717) is 22.4 Å². The number of ether oxygens (including phenoxy) is 1. The Morgan fingerprint density at radius 2 is 1.92 bits per heavy atom. The summed E-state index contributed by atoms with van der Waals surface area (Å²) >= 11 is 11.7. The Morgan fingerprint density at radius 3 is 2.50 bits per heavy atom. The summed E-state index contributed by atoms with van der Waals surface area (Å²) in [5.41, 5.74) is 0.976. The fourth-order valence-electron chi connectivity index (χ4n) is 0.897. The summed E-state index contributed by atoms with van der Waals surface area (Å²) < 4.78 is 5.28. The molecule has 0 spiro atoms. The fraction of sp³-hybridized carbons (Fsp3) is 0.333. The Kier molecular flexibility index (Phi) is 3.24. The van der Waals surface area contributed by atoms with Gasteiger partial charge < -0.3 is 4.74 Å². The monoisotopic (exact) mass is 204 g/mol. The minimum absolute atomic E-state index is 0.562. The minimum Gasteiger partial charge on any atom is -0.492 e. The summed E-state index contributed by atoms with van der Waals surface area (Å²) in [6.07, 6.45) is 0. The average molecular weight is 205 g/mol. The van der Waals surface area contributed by atoms with E-state index in [1.54, 1.807) is 6.07 Å². The van der Waals surface area contributed by atoms with Gasteiger partial charge in [0.1, 0.15) is 5.75 Å². The summed E-state index contributed by atoms with van der Waals surface area (Å²) in [7, 11) is 0. The molecule has 0 unspecified atom stereocenters. The van der Waals surface area contributed by atoms with E-state index in [4.69, 9.17) is 27.9 Å². The lowest BCUT2D eigenvalue weighted by atomic mass is 10.2. The molecule has 0 heterocycles. The van der Waals surface area contributed by atoms with Crippen LogP contribution in [0.1, 0.15) is 12.5 Å². The van der Waals surface area contributed by atoms with Crippen molar-refractivity contribution < 1.29 is 4.74 Å². The van der Waals surface area contributed by atoms with E-state index in [1.165, 1.54) is 0 Å². The van der Waals surface area contributed by atoms with E-state index in [9.17, 15) is 0 Å².